The van der Waals surface area contributed by atoms with Crippen molar-refractivity contribution in [3.05, 3.63) is 71.3 Å². The maximum atomic E-state index is 13.9. The van der Waals surface area contributed by atoms with Crippen LogP contribution in [0.15, 0.2) is 54.6 Å². The number of rotatable bonds is 6. The van der Waals surface area contributed by atoms with E-state index in [0.29, 0.717) is 5.56 Å². The summed E-state index contributed by atoms with van der Waals surface area (Å²) in [6.07, 6.45) is -4.90. The van der Waals surface area contributed by atoms with E-state index in [2.05, 4.69) is 5.32 Å². The van der Waals surface area contributed by atoms with Gasteiger partial charge < -0.3 is 10.1 Å². The second-order valence-corrected chi connectivity index (χ2v) is 5.65. The van der Waals surface area contributed by atoms with Gasteiger partial charge >= 0.3 is 6.18 Å². The summed E-state index contributed by atoms with van der Waals surface area (Å²) in [6, 6.07) is 14.1. The van der Waals surface area contributed by atoms with Crippen molar-refractivity contribution in [1.29, 1.82) is 0 Å². The van der Waals surface area contributed by atoms with Crippen LogP contribution in [0.25, 0.3) is 0 Å². The Hall–Kier alpha value is -2.34. The number of carbonyl (C=O) groups excluding carboxylic acids is 1. The van der Waals surface area contributed by atoms with Gasteiger partial charge in [-0.3, -0.25) is 4.79 Å². The quantitative estimate of drug-likeness (QED) is 0.851. The molecule has 0 aliphatic rings. The Kier molecular flexibility index (Phi) is 5.85. The molecule has 2 aromatic rings. The van der Waals surface area contributed by atoms with E-state index >= 15 is 0 Å². The molecule has 134 valence electrons. The highest BCUT2D eigenvalue weighted by Gasteiger charge is 2.62. The number of benzene rings is 2. The number of aryl methyl sites for hydroxylation is 1. The predicted octanol–water partition coefficient (Wildman–Crippen LogP) is 4.11. The molecule has 1 unspecified atom stereocenters. The molecule has 3 nitrogen and oxygen atoms in total. The molecule has 2 rings (SSSR count). The molecule has 2 aromatic carbocycles. The maximum absolute atomic E-state index is 13.9. The molecule has 0 aliphatic heterocycles. The molecule has 1 amide bonds. The van der Waals surface area contributed by atoms with E-state index < -0.39 is 17.7 Å². The molecule has 0 aromatic heterocycles. The molecule has 0 bridgehead atoms. The van der Waals surface area contributed by atoms with E-state index in [1.807, 2.05) is 19.1 Å². The first-order valence-corrected chi connectivity index (χ1v) is 7.91. The van der Waals surface area contributed by atoms with Crippen LogP contribution in [0.3, 0.4) is 0 Å². The van der Waals surface area contributed by atoms with Gasteiger partial charge in [0.25, 0.3) is 11.5 Å². The fraction of sp³-hybridized carbons (Fsp3) is 0.316. The molecule has 0 spiro atoms. The lowest BCUT2D eigenvalue weighted by molar-refractivity contribution is -0.272. The Balaban J connectivity index is 2.34. The number of nitrogens with one attached hydrogen (secondary N) is 1. The summed E-state index contributed by atoms with van der Waals surface area (Å²) in [4.78, 5) is 12.6. The van der Waals surface area contributed by atoms with Gasteiger partial charge in [-0.25, -0.2) is 0 Å². The lowest BCUT2D eigenvalue weighted by atomic mass is 9.91. The average molecular weight is 351 g/mol. The Labute approximate surface area is 144 Å². The minimum atomic E-state index is -4.90. The molecule has 0 saturated carbocycles. The van der Waals surface area contributed by atoms with Crippen molar-refractivity contribution in [1.82, 2.24) is 5.32 Å². The highest BCUT2D eigenvalue weighted by molar-refractivity contribution is 5.87. The van der Waals surface area contributed by atoms with Gasteiger partial charge in [0.1, 0.15) is 0 Å². The van der Waals surface area contributed by atoms with Crippen molar-refractivity contribution in [2.24, 2.45) is 0 Å². The number of amides is 1. The van der Waals surface area contributed by atoms with Gasteiger partial charge in [0.05, 0.1) is 0 Å². The average Bonchev–Trinajstić information content (AvgIpc) is 2.58. The van der Waals surface area contributed by atoms with E-state index in [0.717, 1.165) is 5.56 Å². The zero-order chi connectivity index (χ0) is 18.5. The lowest BCUT2D eigenvalue weighted by Gasteiger charge is -2.34. The Morgan fingerprint density at radius 1 is 1.04 bits per heavy atom. The molecular formula is C19H20F3NO2. The van der Waals surface area contributed by atoms with Crippen LogP contribution in [0.5, 0.6) is 0 Å². The third kappa shape index (κ3) is 4.02. The van der Waals surface area contributed by atoms with Crippen LogP contribution in [0.4, 0.5) is 13.2 Å². The number of alkyl halides is 3. The molecule has 1 atom stereocenters. The molecule has 6 heteroatoms. The van der Waals surface area contributed by atoms with Crippen molar-refractivity contribution in [2.75, 3.05) is 6.61 Å². The van der Waals surface area contributed by atoms with Gasteiger partial charge in [-0.2, -0.15) is 13.2 Å². The normalized spacial score (nSPS) is 14.0. The molecule has 0 radical (unpaired) electrons. The van der Waals surface area contributed by atoms with Crippen molar-refractivity contribution in [2.45, 2.75) is 32.2 Å². The lowest BCUT2D eigenvalue weighted by Crippen LogP contribution is -2.56. The van der Waals surface area contributed by atoms with Crippen LogP contribution in [-0.2, 0) is 21.7 Å². The van der Waals surface area contributed by atoms with E-state index in [-0.39, 0.29) is 18.7 Å². The van der Waals surface area contributed by atoms with Crippen LogP contribution in [-0.4, -0.2) is 18.7 Å². The number of halogens is 3. The minimum Gasteiger partial charge on any atom is -0.353 e. The summed E-state index contributed by atoms with van der Waals surface area (Å²) in [5, 5.41) is 2.37. The predicted molar refractivity (Wildman–Crippen MR) is 88.8 cm³/mol. The minimum absolute atomic E-state index is 0.0170. The summed E-state index contributed by atoms with van der Waals surface area (Å²) < 4.78 is 46.7. The molecule has 0 heterocycles. The maximum Gasteiger partial charge on any atom is 0.430 e. The molecule has 0 aliphatic carbocycles. The van der Waals surface area contributed by atoms with Crippen molar-refractivity contribution in [3.8, 4) is 0 Å². The van der Waals surface area contributed by atoms with Gasteiger partial charge in [0, 0.05) is 18.7 Å². The van der Waals surface area contributed by atoms with Crippen LogP contribution < -0.4 is 5.32 Å². The fourth-order valence-electron chi connectivity index (χ4n) is 2.56. The molecule has 0 saturated heterocycles. The summed E-state index contributed by atoms with van der Waals surface area (Å²) in [7, 11) is 0. The van der Waals surface area contributed by atoms with Crippen LogP contribution in [0.2, 0.25) is 0 Å². The third-order valence-electron chi connectivity index (χ3n) is 3.83. The van der Waals surface area contributed by atoms with Gasteiger partial charge in [0.15, 0.2) is 0 Å². The standard InChI is InChI=1S/C19H20F3NO2/c1-3-25-18(19(20,21)22,16-7-5-4-6-8-16)17(24)23-13-15-11-9-14(2)10-12-15/h4-12H,3,13H2,1-2H3,(H,23,24). The van der Waals surface area contributed by atoms with Gasteiger partial charge in [-0.1, -0.05) is 60.2 Å². The Morgan fingerprint density at radius 3 is 2.16 bits per heavy atom. The summed E-state index contributed by atoms with van der Waals surface area (Å²) in [5.41, 5.74) is -1.54. The summed E-state index contributed by atoms with van der Waals surface area (Å²) in [5.74, 6) is -1.23. The largest absolute Gasteiger partial charge is 0.430 e. The first-order chi connectivity index (χ1) is 11.8. The third-order valence-corrected chi connectivity index (χ3v) is 3.83. The van der Waals surface area contributed by atoms with Crippen molar-refractivity contribution < 1.29 is 22.7 Å². The molecule has 25 heavy (non-hydrogen) atoms. The zero-order valence-corrected chi connectivity index (χ0v) is 14.1. The Bertz CT molecular complexity index is 699. The van der Waals surface area contributed by atoms with Gasteiger partial charge in [0.2, 0.25) is 0 Å². The van der Waals surface area contributed by atoms with Crippen LogP contribution in [0, 0.1) is 6.92 Å². The van der Waals surface area contributed by atoms with Crippen molar-refractivity contribution in [3.63, 3.8) is 0 Å². The molecule has 1 N–H and O–H groups in total. The van der Waals surface area contributed by atoms with Gasteiger partial charge in [-0.05, 0) is 19.4 Å². The van der Waals surface area contributed by atoms with E-state index in [9.17, 15) is 18.0 Å². The topological polar surface area (TPSA) is 38.3 Å². The number of ether oxygens (including phenoxy) is 1. The highest BCUT2D eigenvalue weighted by atomic mass is 19.4. The van der Waals surface area contributed by atoms with Crippen LogP contribution in [0.1, 0.15) is 23.6 Å². The monoisotopic (exact) mass is 351 g/mol. The number of carbonyl (C=O) groups is 1. The first-order valence-electron chi connectivity index (χ1n) is 7.91. The Morgan fingerprint density at radius 2 is 1.64 bits per heavy atom. The molecular weight excluding hydrogens is 331 g/mol. The smallest absolute Gasteiger partial charge is 0.353 e. The molecule has 0 fully saturated rings. The van der Waals surface area contributed by atoms with Gasteiger partial charge in [-0.15, -0.1) is 0 Å². The summed E-state index contributed by atoms with van der Waals surface area (Å²) in [6.45, 7) is 3.06. The SMILES string of the molecule is CCOC(C(=O)NCc1ccc(C)cc1)(c1ccccc1)C(F)(F)F. The van der Waals surface area contributed by atoms with E-state index in [1.165, 1.54) is 31.2 Å². The fourth-order valence-corrected chi connectivity index (χ4v) is 2.56. The van der Waals surface area contributed by atoms with E-state index in [1.54, 1.807) is 18.2 Å². The summed E-state index contributed by atoms with van der Waals surface area (Å²) >= 11 is 0. The number of hydrogen-bond donors (Lipinski definition) is 1. The van der Waals surface area contributed by atoms with Crippen molar-refractivity contribution >= 4 is 5.91 Å². The first kappa shape index (κ1) is 19.0. The van der Waals surface area contributed by atoms with E-state index in [4.69, 9.17) is 4.74 Å². The highest BCUT2D eigenvalue weighted by Crippen LogP contribution is 2.42. The zero-order valence-electron chi connectivity index (χ0n) is 14.1. The second-order valence-electron chi connectivity index (χ2n) is 5.65. The van der Waals surface area contributed by atoms with Crippen LogP contribution >= 0.6 is 0 Å². The second kappa shape index (κ2) is 7.70. The number of hydrogen-bond acceptors (Lipinski definition) is 2.